The fourth-order valence-electron chi connectivity index (χ4n) is 3.62. The van der Waals surface area contributed by atoms with E-state index in [4.69, 9.17) is 18.9 Å². The zero-order chi connectivity index (χ0) is 20.9. The first-order chi connectivity index (χ1) is 14.8. The molecule has 1 heterocycles. The van der Waals surface area contributed by atoms with Crippen LogP contribution in [0.25, 0.3) is 11.1 Å². The van der Waals surface area contributed by atoms with Crippen molar-refractivity contribution >= 4 is 0 Å². The standard InChI is InChI=1S/C26H36O4/c1-2-27-20-21-28-18-6-3-4-8-22-10-12-23(13-11-22)24-14-16-25(17-15-24)30-26-9-5-7-19-29-26/h10-17,26H,2-9,18-21H2,1H3. The number of rotatable bonds is 13. The Morgan fingerprint density at radius 1 is 0.800 bits per heavy atom. The topological polar surface area (TPSA) is 36.9 Å². The molecule has 1 atom stereocenters. The minimum atomic E-state index is -0.0921. The van der Waals surface area contributed by atoms with Gasteiger partial charge in [0.2, 0.25) is 0 Å². The highest BCUT2D eigenvalue weighted by Crippen LogP contribution is 2.25. The molecule has 1 unspecified atom stereocenters. The van der Waals surface area contributed by atoms with Crippen molar-refractivity contribution in [2.24, 2.45) is 0 Å². The molecular weight excluding hydrogens is 376 g/mol. The number of hydrogen-bond acceptors (Lipinski definition) is 4. The lowest BCUT2D eigenvalue weighted by molar-refractivity contribution is -0.105. The van der Waals surface area contributed by atoms with Gasteiger partial charge < -0.3 is 18.9 Å². The minimum Gasteiger partial charge on any atom is -0.465 e. The molecule has 1 saturated heterocycles. The summed E-state index contributed by atoms with van der Waals surface area (Å²) in [5.74, 6) is 0.879. The van der Waals surface area contributed by atoms with Crippen LogP contribution in [0.2, 0.25) is 0 Å². The van der Waals surface area contributed by atoms with Gasteiger partial charge in [-0.25, -0.2) is 0 Å². The number of hydrogen-bond donors (Lipinski definition) is 0. The van der Waals surface area contributed by atoms with Crippen molar-refractivity contribution in [3.05, 3.63) is 54.1 Å². The Kier molecular flexibility index (Phi) is 10.2. The van der Waals surface area contributed by atoms with E-state index >= 15 is 0 Å². The van der Waals surface area contributed by atoms with Crippen molar-refractivity contribution in [3.8, 4) is 16.9 Å². The quantitative estimate of drug-likeness (QED) is 0.377. The van der Waals surface area contributed by atoms with Gasteiger partial charge in [0.25, 0.3) is 0 Å². The van der Waals surface area contributed by atoms with Crippen LogP contribution in [-0.4, -0.2) is 39.3 Å². The van der Waals surface area contributed by atoms with Crippen molar-refractivity contribution in [3.63, 3.8) is 0 Å². The van der Waals surface area contributed by atoms with Crippen LogP contribution in [0.4, 0.5) is 0 Å². The third kappa shape index (κ3) is 8.10. The molecule has 0 saturated carbocycles. The van der Waals surface area contributed by atoms with Crippen LogP contribution >= 0.6 is 0 Å². The Bertz CT molecular complexity index is 690. The van der Waals surface area contributed by atoms with Crippen molar-refractivity contribution in [2.75, 3.05) is 33.0 Å². The average Bonchev–Trinajstić information content (AvgIpc) is 2.80. The first kappa shape index (κ1) is 22.8. The van der Waals surface area contributed by atoms with Gasteiger partial charge >= 0.3 is 0 Å². The highest BCUT2D eigenvalue weighted by molar-refractivity contribution is 5.64. The van der Waals surface area contributed by atoms with Crippen LogP contribution in [0.3, 0.4) is 0 Å². The minimum absolute atomic E-state index is 0.0921. The van der Waals surface area contributed by atoms with Gasteiger partial charge in [-0.15, -0.1) is 0 Å². The van der Waals surface area contributed by atoms with Crippen LogP contribution in [0.15, 0.2) is 48.5 Å². The summed E-state index contributed by atoms with van der Waals surface area (Å²) in [4.78, 5) is 0. The normalized spacial score (nSPS) is 16.5. The first-order valence-electron chi connectivity index (χ1n) is 11.5. The number of ether oxygens (including phenoxy) is 4. The second-order valence-corrected chi connectivity index (χ2v) is 7.76. The zero-order valence-electron chi connectivity index (χ0n) is 18.3. The van der Waals surface area contributed by atoms with Crippen LogP contribution in [-0.2, 0) is 20.6 Å². The summed E-state index contributed by atoms with van der Waals surface area (Å²) in [6.07, 6.45) is 7.83. The molecule has 0 amide bonds. The van der Waals surface area contributed by atoms with Crippen molar-refractivity contribution in [2.45, 2.75) is 58.2 Å². The second kappa shape index (κ2) is 13.4. The number of aryl methyl sites for hydroxylation is 1. The predicted molar refractivity (Wildman–Crippen MR) is 121 cm³/mol. The molecule has 2 aromatic rings. The molecule has 0 spiro atoms. The van der Waals surface area contributed by atoms with E-state index in [0.717, 1.165) is 51.3 Å². The maximum absolute atomic E-state index is 5.92. The Balaban J connectivity index is 1.35. The van der Waals surface area contributed by atoms with E-state index in [1.54, 1.807) is 0 Å². The van der Waals surface area contributed by atoms with Crippen molar-refractivity contribution < 1.29 is 18.9 Å². The molecule has 164 valence electrons. The van der Waals surface area contributed by atoms with E-state index in [2.05, 4.69) is 36.4 Å². The number of unbranched alkanes of at least 4 members (excludes halogenated alkanes) is 2. The zero-order valence-corrected chi connectivity index (χ0v) is 18.3. The van der Waals surface area contributed by atoms with Crippen LogP contribution in [0, 0.1) is 0 Å². The summed E-state index contributed by atoms with van der Waals surface area (Å²) in [7, 11) is 0. The molecule has 4 heteroatoms. The van der Waals surface area contributed by atoms with Crippen molar-refractivity contribution in [1.29, 1.82) is 0 Å². The Hall–Kier alpha value is -1.88. The average molecular weight is 413 g/mol. The van der Waals surface area contributed by atoms with Crippen LogP contribution in [0.1, 0.15) is 51.0 Å². The van der Waals surface area contributed by atoms with Crippen LogP contribution < -0.4 is 4.74 Å². The van der Waals surface area contributed by atoms with Gasteiger partial charge in [-0.3, -0.25) is 0 Å². The summed E-state index contributed by atoms with van der Waals surface area (Å²) in [5, 5.41) is 0. The third-order valence-corrected chi connectivity index (χ3v) is 5.38. The first-order valence-corrected chi connectivity index (χ1v) is 11.5. The molecule has 1 aliphatic heterocycles. The fraction of sp³-hybridized carbons (Fsp3) is 0.538. The second-order valence-electron chi connectivity index (χ2n) is 7.76. The van der Waals surface area contributed by atoms with Gasteiger partial charge in [-0.05, 0) is 67.9 Å². The van der Waals surface area contributed by atoms with E-state index in [1.165, 1.54) is 36.0 Å². The maximum Gasteiger partial charge on any atom is 0.199 e. The molecule has 0 aliphatic carbocycles. The van der Waals surface area contributed by atoms with Gasteiger partial charge in [-0.2, -0.15) is 0 Å². The molecule has 1 aliphatic rings. The fourth-order valence-corrected chi connectivity index (χ4v) is 3.62. The summed E-state index contributed by atoms with van der Waals surface area (Å²) in [6.45, 7) is 5.81. The van der Waals surface area contributed by atoms with E-state index in [9.17, 15) is 0 Å². The van der Waals surface area contributed by atoms with Gasteiger partial charge in [-0.1, -0.05) is 42.8 Å². The van der Waals surface area contributed by atoms with Gasteiger partial charge in [0.05, 0.1) is 19.8 Å². The molecule has 0 aromatic heterocycles. The van der Waals surface area contributed by atoms with Crippen molar-refractivity contribution in [1.82, 2.24) is 0 Å². The molecule has 4 nitrogen and oxygen atoms in total. The Labute approximate surface area is 181 Å². The van der Waals surface area contributed by atoms with Crippen LogP contribution in [0.5, 0.6) is 5.75 Å². The van der Waals surface area contributed by atoms with E-state index in [1.807, 2.05) is 19.1 Å². The highest BCUT2D eigenvalue weighted by Gasteiger charge is 2.15. The molecule has 2 aromatic carbocycles. The molecular formula is C26H36O4. The lowest BCUT2D eigenvalue weighted by Crippen LogP contribution is -2.24. The Morgan fingerprint density at radius 2 is 1.53 bits per heavy atom. The molecule has 1 fully saturated rings. The smallest absolute Gasteiger partial charge is 0.199 e. The highest BCUT2D eigenvalue weighted by atomic mass is 16.7. The number of benzene rings is 2. The van der Waals surface area contributed by atoms with E-state index in [-0.39, 0.29) is 6.29 Å². The van der Waals surface area contributed by atoms with Gasteiger partial charge in [0.15, 0.2) is 6.29 Å². The van der Waals surface area contributed by atoms with E-state index < -0.39 is 0 Å². The monoisotopic (exact) mass is 412 g/mol. The molecule has 3 rings (SSSR count). The van der Waals surface area contributed by atoms with Gasteiger partial charge in [0, 0.05) is 19.6 Å². The SMILES string of the molecule is CCOCCOCCCCCc1ccc(-c2ccc(OC3CCCCO3)cc2)cc1. The molecule has 30 heavy (non-hydrogen) atoms. The summed E-state index contributed by atoms with van der Waals surface area (Å²) in [5.41, 5.74) is 3.84. The maximum atomic E-state index is 5.92. The largest absolute Gasteiger partial charge is 0.465 e. The summed E-state index contributed by atoms with van der Waals surface area (Å²) in [6, 6.07) is 17.2. The van der Waals surface area contributed by atoms with E-state index in [0.29, 0.717) is 13.2 Å². The lowest BCUT2D eigenvalue weighted by Gasteiger charge is -2.23. The molecule has 0 N–H and O–H groups in total. The Morgan fingerprint density at radius 3 is 2.23 bits per heavy atom. The summed E-state index contributed by atoms with van der Waals surface area (Å²) < 4.78 is 22.4. The lowest BCUT2D eigenvalue weighted by atomic mass is 10.0. The molecule has 0 bridgehead atoms. The van der Waals surface area contributed by atoms with Gasteiger partial charge in [0.1, 0.15) is 5.75 Å². The summed E-state index contributed by atoms with van der Waals surface area (Å²) >= 11 is 0. The molecule has 0 radical (unpaired) electrons. The third-order valence-electron chi connectivity index (χ3n) is 5.38. The predicted octanol–water partition coefficient (Wildman–Crippen LogP) is 6.02.